The summed E-state index contributed by atoms with van der Waals surface area (Å²) in [6.45, 7) is 1.92. The van der Waals surface area contributed by atoms with Crippen LogP contribution in [0, 0.1) is 6.92 Å². The maximum Gasteiger partial charge on any atom is 0.296 e. The maximum atomic E-state index is 14.6. The summed E-state index contributed by atoms with van der Waals surface area (Å²) in [5, 5.41) is 10.6. The molecule has 0 amide bonds. The molecule has 2 aromatic carbocycles. The monoisotopic (exact) mass is 533 g/mol. The Balaban J connectivity index is 1.30. The molecule has 5 aromatic rings. The lowest BCUT2D eigenvalue weighted by Gasteiger charge is -2.32. The number of aromatic nitrogens is 5. The highest BCUT2D eigenvalue weighted by molar-refractivity contribution is 5.96. The molecule has 0 radical (unpaired) electrons. The molecule has 1 fully saturated rings. The van der Waals surface area contributed by atoms with Gasteiger partial charge in [0.25, 0.3) is 5.92 Å². The summed E-state index contributed by atoms with van der Waals surface area (Å²) in [7, 11) is 1.50. The number of benzene rings is 2. The van der Waals surface area contributed by atoms with Crippen LogP contribution in [-0.4, -0.2) is 56.8 Å². The molecule has 1 aliphatic heterocycles. The molecular formula is C27H25F2N7O3. The predicted octanol–water partition coefficient (Wildman–Crippen LogP) is 4.90. The van der Waals surface area contributed by atoms with Crippen molar-refractivity contribution in [3.63, 3.8) is 0 Å². The van der Waals surface area contributed by atoms with E-state index >= 15 is 0 Å². The number of hydrogen-bond acceptors (Lipinski definition) is 9. The number of nitrogens with zero attached hydrogens (tertiary/aromatic N) is 5. The lowest BCUT2D eigenvalue weighted by Crippen LogP contribution is -2.52. The first-order valence-electron chi connectivity index (χ1n) is 12.3. The molecule has 4 heterocycles. The van der Waals surface area contributed by atoms with Gasteiger partial charge in [0.2, 0.25) is 0 Å². The van der Waals surface area contributed by atoms with Gasteiger partial charge in [-0.15, -0.1) is 0 Å². The number of ether oxygens (including phenoxy) is 3. The molecule has 0 spiro atoms. The highest BCUT2D eigenvalue weighted by Crippen LogP contribution is 2.39. The Hall–Kier alpha value is -4.58. The summed E-state index contributed by atoms with van der Waals surface area (Å²) >= 11 is 0. The van der Waals surface area contributed by atoms with E-state index in [9.17, 15) is 8.78 Å². The van der Waals surface area contributed by atoms with E-state index in [1.165, 1.54) is 19.8 Å². The van der Waals surface area contributed by atoms with E-state index < -0.39 is 18.6 Å². The smallest absolute Gasteiger partial charge is 0.296 e. The first kappa shape index (κ1) is 24.7. The number of alkyl halides is 2. The number of pyridine rings is 1. The molecule has 10 nitrogen and oxygen atoms in total. The van der Waals surface area contributed by atoms with Crippen molar-refractivity contribution in [3.05, 3.63) is 66.9 Å². The number of fused-ring (bicyclic) bond motifs is 2. The second-order valence-corrected chi connectivity index (χ2v) is 9.21. The van der Waals surface area contributed by atoms with Crippen LogP contribution >= 0.6 is 0 Å². The zero-order valence-corrected chi connectivity index (χ0v) is 21.2. The Morgan fingerprint density at radius 3 is 2.74 bits per heavy atom. The third kappa shape index (κ3) is 4.98. The number of anilines is 2. The molecule has 3 aromatic heterocycles. The van der Waals surface area contributed by atoms with Crippen LogP contribution in [0.25, 0.3) is 16.6 Å². The molecule has 6 rings (SSSR count). The minimum atomic E-state index is -3.03. The van der Waals surface area contributed by atoms with Gasteiger partial charge in [-0.1, -0.05) is 0 Å². The Morgan fingerprint density at radius 2 is 1.92 bits per heavy atom. The number of hydrogen-bond donors (Lipinski definition) is 2. The molecule has 1 aliphatic rings. The van der Waals surface area contributed by atoms with Gasteiger partial charge in [-0.3, -0.25) is 0 Å². The standard InChI is InChI=1S/C27H25F2N7O3/c1-16-9-17(3-4-21(16)38-18-6-8-36-24(12-18)32-15-34-36)35-26-25-20(31-14-33-26)10-19(37-2)11-22(25)39-23-5-7-30-13-27(23,28)29/h3-4,6,8-12,14-15,23,30H,5,7,13H2,1-2H3,(H,31,33,35)/t23-/m0/s1. The Bertz CT molecular complexity index is 1660. The minimum absolute atomic E-state index is 0.160. The molecule has 0 aliphatic carbocycles. The molecule has 1 saturated heterocycles. The summed E-state index contributed by atoms with van der Waals surface area (Å²) in [5.74, 6) is -0.645. The molecule has 2 N–H and O–H groups in total. The van der Waals surface area contributed by atoms with E-state index in [0.29, 0.717) is 46.2 Å². The fourth-order valence-electron chi connectivity index (χ4n) is 4.51. The zero-order valence-electron chi connectivity index (χ0n) is 21.2. The van der Waals surface area contributed by atoms with E-state index in [1.807, 2.05) is 31.2 Å². The zero-order chi connectivity index (χ0) is 27.0. The van der Waals surface area contributed by atoms with Crippen LogP contribution in [0.2, 0.25) is 0 Å². The predicted molar refractivity (Wildman–Crippen MR) is 140 cm³/mol. The number of aryl methyl sites for hydroxylation is 1. The van der Waals surface area contributed by atoms with Crippen molar-refractivity contribution in [2.45, 2.75) is 25.4 Å². The number of halogens is 2. The molecular weight excluding hydrogens is 508 g/mol. The Morgan fingerprint density at radius 1 is 1.03 bits per heavy atom. The molecule has 12 heteroatoms. The summed E-state index contributed by atoms with van der Waals surface area (Å²) in [4.78, 5) is 12.9. The molecule has 200 valence electrons. The topological polar surface area (TPSA) is 108 Å². The lowest BCUT2D eigenvalue weighted by molar-refractivity contribution is -0.108. The second kappa shape index (κ2) is 9.95. The molecule has 0 saturated carbocycles. The van der Waals surface area contributed by atoms with E-state index in [-0.39, 0.29) is 12.2 Å². The number of methoxy groups -OCH3 is 1. The summed E-state index contributed by atoms with van der Waals surface area (Å²) < 4.78 is 48.2. The van der Waals surface area contributed by atoms with Crippen LogP contribution in [-0.2, 0) is 0 Å². The van der Waals surface area contributed by atoms with Gasteiger partial charge in [-0.2, -0.15) is 5.10 Å². The summed E-state index contributed by atoms with van der Waals surface area (Å²) in [6.07, 6.45) is 3.52. The van der Waals surface area contributed by atoms with Gasteiger partial charge in [0.15, 0.2) is 11.8 Å². The van der Waals surface area contributed by atoms with Crippen molar-refractivity contribution < 1.29 is 23.0 Å². The average molecular weight is 534 g/mol. The normalized spacial score (nSPS) is 16.8. The van der Waals surface area contributed by atoms with Crippen molar-refractivity contribution in [3.8, 4) is 23.0 Å². The molecule has 0 bridgehead atoms. The van der Waals surface area contributed by atoms with Crippen LogP contribution in [0.5, 0.6) is 23.0 Å². The lowest BCUT2D eigenvalue weighted by atomic mass is 10.1. The van der Waals surface area contributed by atoms with Crippen LogP contribution in [0.15, 0.2) is 61.3 Å². The second-order valence-electron chi connectivity index (χ2n) is 9.21. The fraction of sp³-hybridized carbons (Fsp3) is 0.259. The summed E-state index contributed by atoms with van der Waals surface area (Å²) in [6, 6.07) is 12.5. The van der Waals surface area contributed by atoms with Crippen LogP contribution in [0.3, 0.4) is 0 Å². The SMILES string of the molecule is COc1cc(O[C@H]2CCNCC2(F)F)c2c(Nc3ccc(Oc4ccn5ncnc5c4)c(C)c3)ncnc2c1. The van der Waals surface area contributed by atoms with Gasteiger partial charge in [-0.05, 0) is 43.3 Å². The third-order valence-electron chi connectivity index (χ3n) is 6.51. The minimum Gasteiger partial charge on any atom is -0.497 e. The maximum absolute atomic E-state index is 14.6. The molecule has 1 atom stereocenters. The first-order valence-corrected chi connectivity index (χ1v) is 12.3. The van der Waals surface area contributed by atoms with Gasteiger partial charge in [-0.25, -0.2) is 28.2 Å². The Labute approximate surface area is 222 Å². The third-order valence-corrected chi connectivity index (χ3v) is 6.51. The van der Waals surface area contributed by atoms with Gasteiger partial charge < -0.3 is 24.8 Å². The average Bonchev–Trinajstić information content (AvgIpc) is 3.39. The quantitative estimate of drug-likeness (QED) is 0.302. The molecule has 39 heavy (non-hydrogen) atoms. The van der Waals surface area contributed by atoms with Crippen LogP contribution in [0.4, 0.5) is 20.3 Å². The van der Waals surface area contributed by atoms with Crippen molar-refractivity contribution >= 4 is 28.1 Å². The molecule has 0 unspecified atom stereocenters. The van der Waals surface area contributed by atoms with Gasteiger partial charge >= 0.3 is 0 Å². The van der Waals surface area contributed by atoms with E-state index in [2.05, 4.69) is 30.7 Å². The number of rotatable bonds is 7. The number of piperidine rings is 1. The largest absolute Gasteiger partial charge is 0.497 e. The first-order chi connectivity index (χ1) is 18.9. The van der Waals surface area contributed by atoms with Crippen molar-refractivity contribution in [1.29, 1.82) is 0 Å². The van der Waals surface area contributed by atoms with Crippen LogP contribution in [0.1, 0.15) is 12.0 Å². The van der Waals surface area contributed by atoms with E-state index in [0.717, 1.165) is 11.3 Å². The van der Waals surface area contributed by atoms with E-state index in [1.54, 1.807) is 28.9 Å². The van der Waals surface area contributed by atoms with Gasteiger partial charge in [0.1, 0.15) is 41.5 Å². The highest BCUT2D eigenvalue weighted by atomic mass is 19.3. The van der Waals surface area contributed by atoms with Crippen molar-refractivity contribution in [2.24, 2.45) is 0 Å². The van der Waals surface area contributed by atoms with Crippen molar-refractivity contribution in [2.75, 3.05) is 25.5 Å². The Kier molecular flexibility index (Phi) is 6.31. The van der Waals surface area contributed by atoms with Crippen LogP contribution < -0.4 is 24.8 Å². The summed E-state index contributed by atoms with van der Waals surface area (Å²) in [5.41, 5.74) is 2.77. The van der Waals surface area contributed by atoms with Gasteiger partial charge in [0, 0.05) is 36.5 Å². The van der Waals surface area contributed by atoms with Gasteiger partial charge in [0.05, 0.1) is 24.6 Å². The number of nitrogens with one attached hydrogen (secondary N) is 2. The fourth-order valence-corrected chi connectivity index (χ4v) is 4.51. The van der Waals surface area contributed by atoms with E-state index in [4.69, 9.17) is 14.2 Å². The van der Waals surface area contributed by atoms with Crippen molar-refractivity contribution in [1.82, 2.24) is 29.9 Å². The highest BCUT2D eigenvalue weighted by Gasteiger charge is 2.43.